The minimum absolute atomic E-state index is 0.0639. The van der Waals surface area contributed by atoms with Crippen LogP contribution < -0.4 is 0 Å². The molecule has 0 rings (SSSR count). The van der Waals surface area contributed by atoms with E-state index in [1.54, 1.807) is 0 Å². The van der Waals surface area contributed by atoms with E-state index < -0.39 is 6.10 Å². The van der Waals surface area contributed by atoms with Gasteiger partial charge >= 0.3 is 17.9 Å². The van der Waals surface area contributed by atoms with E-state index in [9.17, 15) is 14.4 Å². The van der Waals surface area contributed by atoms with E-state index in [2.05, 4.69) is 45.1 Å². The smallest absolute Gasteiger partial charge is 0.306 e. The molecule has 6 nitrogen and oxygen atoms in total. The Balaban J connectivity index is 4.25. The highest BCUT2D eigenvalue weighted by molar-refractivity contribution is 5.71. The highest BCUT2D eigenvalue weighted by Crippen LogP contribution is 2.19. The van der Waals surface area contributed by atoms with Crippen LogP contribution in [0, 0.1) is 0 Å². The van der Waals surface area contributed by atoms with Gasteiger partial charge in [-0.15, -0.1) is 0 Å². The highest BCUT2D eigenvalue weighted by atomic mass is 16.6. The lowest BCUT2D eigenvalue weighted by atomic mass is 10.0. The van der Waals surface area contributed by atoms with Gasteiger partial charge in [0.15, 0.2) is 6.10 Å². The summed E-state index contributed by atoms with van der Waals surface area (Å²) in [4.78, 5) is 38.5. The summed E-state index contributed by atoms with van der Waals surface area (Å²) in [5.74, 6) is -0.829. The molecule has 0 bridgehead atoms. The van der Waals surface area contributed by atoms with Crippen molar-refractivity contribution in [2.75, 3.05) is 13.2 Å². The molecule has 0 spiro atoms. The predicted octanol–water partition coefficient (Wildman–Crippen LogP) is 24.6. The van der Waals surface area contributed by atoms with E-state index in [0.717, 1.165) is 64.2 Å². The van der Waals surface area contributed by atoms with Crippen molar-refractivity contribution in [3.63, 3.8) is 0 Å². The fraction of sp³-hybridized carbons (Fsp3) is 0.904. The van der Waals surface area contributed by atoms with Crippen LogP contribution in [-0.4, -0.2) is 37.2 Å². The molecule has 0 saturated carbocycles. The fourth-order valence-corrected chi connectivity index (χ4v) is 11.1. The van der Waals surface area contributed by atoms with Gasteiger partial charge in [0.05, 0.1) is 0 Å². The lowest BCUT2D eigenvalue weighted by molar-refractivity contribution is -0.167. The Morgan fingerprint density at radius 1 is 0.253 bits per heavy atom. The third-order valence-corrected chi connectivity index (χ3v) is 16.5. The number of unbranched alkanes of at least 4 members (excludes halogenated alkanes) is 52. The molecule has 1 unspecified atom stereocenters. The lowest BCUT2D eigenvalue weighted by Crippen LogP contribution is -2.30. The van der Waals surface area contributed by atoms with Crippen molar-refractivity contribution < 1.29 is 28.6 Å². The maximum absolute atomic E-state index is 13.0. The number of carbonyl (C=O) groups excluding carboxylic acids is 3. The zero-order valence-corrected chi connectivity index (χ0v) is 53.7. The molecule has 0 aromatic heterocycles. The van der Waals surface area contributed by atoms with Crippen molar-refractivity contribution in [1.29, 1.82) is 0 Å². The molecule has 0 aromatic carbocycles. The molecule has 6 heteroatoms. The number of hydrogen-bond donors (Lipinski definition) is 0. The van der Waals surface area contributed by atoms with Crippen LogP contribution in [0.1, 0.15) is 406 Å². The van der Waals surface area contributed by atoms with E-state index in [-0.39, 0.29) is 31.1 Å². The summed E-state index contributed by atoms with van der Waals surface area (Å²) in [5.41, 5.74) is 0. The zero-order chi connectivity index (χ0) is 57.1. The van der Waals surface area contributed by atoms with E-state index >= 15 is 0 Å². The van der Waals surface area contributed by atoms with E-state index in [1.165, 1.54) is 302 Å². The van der Waals surface area contributed by atoms with E-state index in [0.29, 0.717) is 19.3 Å². The monoisotopic (exact) mass is 1110 g/mol. The first-order valence-electron chi connectivity index (χ1n) is 35.8. The van der Waals surface area contributed by atoms with Crippen molar-refractivity contribution in [2.24, 2.45) is 0 Å². The molecule has 0 aliphatic heterocycles. The topological polar surface area (TPSA) is 78.9 Å². The largest absolute Gasteiger partial charge is 0.462 e. The van der Waals surface area contributed by atoms with Gasteiger partial charge in [-0.3, -0.25) is 14.4 Å². The number of rotatable bonds is 67. The molecule has 1 atom stereocenters. The van der Waals surface area contributed by atoms with Crippen LogP contribution in [0.4, 0.5) is 0 Å². The molecular formula is C73H138O6. The molecular weight excluding hydrogens is 973 g/mol. The summed E-state index contributed by atoms with van der Waals surface area (Å²) < 4.78 is 17.0. The number of ether oxygens (including phenoxy) is 3. The highest BCUT2D eigenvalue weighted by Gasteiger charge is 2.19. The molecule has 466 valence electrons. The van der Waals surface area contributed by atoms with Crippen LogP contribution in [0.2, 0.25) is 0 Å². The fourth-order valence-electron chi connectivity index (χ4n) is 11.1. The molecule has 0 aromatic rings. The van der Waals surface area contributed by atoms with Crippen LogP contribution in [-0.2, 0) is 28.6 Å². The second-order valence-corrected chi connectivity index (χ2v) is 24.5. The normalized spacial score (nSPS) is 12.1. The van der Waals surface area contributed by atoms with E-state index in [1.807, 2.05) is 0 Å². The third-order valence-electron chi connectivity index (χ3n) is 16.5. The number of esters is 3. The van der Waals surface area contributed by atoms with Gasteiger partial charge in [0, 0.05) is 19.3 Å². The Bertz CT molecular complexity index is 1270. The van der Waals surface area contributed by atoms with Gasteiger partial charge in [-0.05, 0) is 51.4 Å². The lowest BCUT2D eigenvalue weighted by Gasteiger charge is -2.18. The summed E-state index contributed by atoms with van der Waals surface area (Å²) in [7, 11) is 0. The Labute approximate surface area is 493 Å². The van der Waals surface area contributed by atoms with Crippen molar-refractivity contribution >= 4 is 17.9 Å². The molecule has 79 heavy (non-hydrogen) atoms. The van der Waals surface area contributed by atoms with Gasteiger partial charge in [-0.2, -0.15) is 0 Å². The average molecular weight is 1110 g/mol. The van der Waals surface area contributed by atoms with Gasteiger partial charge < -0.3 is 14.2 Å². The first-order valence-corrected chi connectivity index (χ1v) is 35.8. The standard InChI is InChI=1S/C73H138O6/c1-4-7-10-13-16-19-22-25-28-30-32-34-35-36-37-39-40-42-45-48-51-54-57-60-63-66-72(75)78-69-70(68-77-71(74)65-62-59-56-53-50-47-44-27-24-21-18-15-12-9-6-3)79-73(76)67-64-61-58-55-52-49-46-43-41-38-33-31-29-26-23-20-17-14-11-8-5-2/h22,25,30,32,70H,4-21,23-24,26-29,31,33-69H2,1-3H3/b25-22-,32-30-. The predicted molar refractivity (Wildman–Crippen MR) is 344 cm³/mol. The van der Waals surface area contributed by atoms with Crippen molar-refractivity contribution in [3.05, 3.63) is 24.3 Å². The maximum atomic E-state index is 13.0. The summed E-state index contributed by atoms with van der Waals surface area (Å²) in [6.07, 6.45) is 83.5. The summed E-state index contributed by atoms with van der Waals surface area (Å²) in [6.45, 7) is 6.72. The Kier molecular flexibility index (Phi) is 66.6. The second kappa shape index (κ2) is 68.4. The summed E-state index contributed by atoms with van der Waals surface area (Å²) in [5, 5.41) is 0. The molecule has 0 aliphatic carbocycles. The molecule has 0 saturated heterocycles. The maximum Gasteiger partial charge on any atom is 0.306 e. The Morgan fingerprint density at radius 3 is 0.696 bits per heavy atom. The third kappa shape index (κ3) is 66.6. The van der Waals surface area contributed by atoms with Crippen LogP contribution >= 0.6 is 0 Å². The molecule has 0 heterocycles. The molecule has 0 radical (unpaired) electrons. The van der Waals surface area contributed by atoms with E-state index in [4.69, 9.17) is 14.2 Å². The molecule has 0 N–H and O–H groups in total. The summed E-state index contributed by atoms with van der Waals surface area (Å²) in [6, 6.07) is 0. The van der Waals surface area contributed by atoms with Gasteiger partial charge in [0.25, 0.3) is 0 Å². The number of carbonyl (C=O) groups is 3. The van der Waals surface area contributed by atoms with Crippen molar-refractivity contribution in [1.82, 2.24) is 0 Å². The molecule has 0 aliphatic rings. The van der Waals surface area contributed by atoms with Crippen LogP contribution in [0.15, 0.2) is 24.3 Å². The van der Waals surface area contributed by atoms with Gasteiger partial charge in [-0.1, -0.05) is 360 Å². The summed E-state index contributed by atoms with van der Waals surface area (Å²) >= 11 is 0. The zero-order valence-electron chi connectivity index (χ0n) is 53.7. The van der Waals surface area contributed by atoms with Crippen molar-refractivity contribution in [3.8, 4) is 0 Å². The molecule has 0 amide bonds. The number of hydrogen-bond acceptors (Lipinski definition) is 6. The van der Waals surface area contributed by atoms with Crippen LogP contribution in [0.3, 0.4) is 0 Å². The van der Waals surface area contributed by atoms with Gasteiger partial charge in [0.2, 0.25) is 0 Å². The Morgan fingerprint density at radius 2 is 0.456 bits per heavy atom. The second-order valence-electron chi connectivity index (χ2n) is 24.5. The number of allylic oxidation sites excluding steroid dienone is 4. The van der Waals surface area contributed by atoms with Crippen LogP contribution in [0.5, 0.6) is 0 Å². The first-order chi connectivity index (χ1) is 39.0. The average Bonchev–Trinajstić information content (AvgIpc) is 3.45. The van der Waals surface area contributed by atoms with Crippen molar-refractivity contribution in [2.45, 2.75) is 412 Å². The quantitative estimate of drug-likeness (QED) is 0.0261. The van der Waals surface area contributed by atoms with Gasteiger partial charge in [0.1, 0.15) is 13.2 Å². The minimum Gasteiger partial charge on any atom is -0.462 e. The van der Waals surface area contributed by atoms with Gasteiger partial charge in [-0.25, -0.2) is 0 Å². The van der Waals surface area contributed by atoms with Crippen LogP contribution in [0.25, 0.3) is 0 Å². The SMILES string of the molecule is CCCCCCC/C=C\C/C=C\CCCCCCCCCCCCCCCC(=O)OCC(COC(=O)CCCCCCCCCCCCCCCCC)OC(=O)CCCCCCCCCCCCCCCCCCCCCCC. The Hall–Kier alpha value is -2.11. The minimum atomic E-state index is -0.768. The first kappa shape index (κ1) is 76.9. The molecule has 0 fully saturated rings.